The lowest BCUT2D eigenvalue weighted by Crippen LogP contribution is -2.46. The van der Waals surface area contributed by atoms with Crippen LogP contribution in [0.25, 0.3) is 0 Å². The van der Waals surface area contributed by atoms with Gasteiger partial charge in [-0.3, -0.25) is 4.79 Å². The van der Waals surface area contributed by atoms with E-state index in [-0.39, 0.29) is 17.7 Å². The quantitative estimate of drug-likeness (QED) is 0.806. The van der Waals surface area contributed by atoms with Crippen molar-refractivity contribution in [1.29, 1.82) is 0 Å². The number of carbonyl (C=O) groups excluding carboxylic acids is 1. The number of carbonyl (C=O) groups is 1. The highest BCUT2D eigenvalue weighted by molar-refractivity contribution is 5.76. The van der Waals surface area contributed by atoms with Crippen LogP contribution in [0.1, 0.15) is 33.1 Å². The Bertz CT molecular complexity index is 278. The molecule has 0 aromatic heterocycles. The van der Waals surface area contributed by atoms with E-state index in [2.05, 4.69) is 10.2 Å². The standard InChI is InChI=1S/C13H24N2O3/c1-11(2)14-12(16)3-6-15-7-4-13(5-8-15)17-9-10-18-13/h11H,3-10H2,1-2H3,(H,14,16). The molecule has 5 nitrogen and oxygen atoms in total. The molecule has 18 heavy (non-hydrogen) atoms. The molecule has 104 valence electrons. The molecule has 1 amide bonds. The highest BCUT2D eigenvalue weighted by Gasteiger charge is 2.39. The number of piperidine rings is 1. The van der Waals surface area contributed by atoms with Crippen LogP contribution in [0.4, 0.5) is 0 Å². The van der Waals surface area contributed by atoms with Gasteiger partial charge in [0.1, 0.15) is 0 Å². The van der Waals surface area contributed by atoms with E-state index in [0.717, 1.165) is 45.7 Å². The fourth-order valence-corrected chi connectivity index (χ4v) is 2.56. The fourth-order valence-electron chi connectivity index (χ4n) is 2.56. The van der Waals surface area contributed by atoms with Crippen LogP contribution in [0, 0.1) is 0 Å². The molecule has 0 unspecified atom stereocenters. The minimum atomic E-state index is -0.309. The Kier molecular flexibility index (Phi) is 4.59. The first-order valence-corrected chi connectivity index (χ1v) is 6.89. The molecule has 2 saturated heterocycles. The van der Waals surface area contributed by atoms with E-state index in [1.807, 2.05) is 13.8 Å². The zero-order valence-corrected chi connectivity index (χ0v) is 11.4. The van der Waals surface area contributed by atoms with E-state index in [1.165, 1.54) is 0 Å². The van der Waals surface area contributed by atoms with Crippen molar-refractivity contribution in [3.8, 4) is 0 Å². The lowest BCUT2D eigenvalue weighted by atomic mass is 10.0. The average Bonchev–Trinajstić information content (AvgIpc) is 2.76. The summed E-state index contributed by atoms with van der Waals surface area (Å²) in [4.78, 5) is 13.9. The van der Waals surface area contributed by atoms with E-state index >= 15 is 0 Å². The first-order chi connectivity index (χ1) is 8.60. The fraction of sp³-hybridized carbons (Fsp3) is 0.923. The summed E-state index contributed by atoms with van der Waals surface area (Å²) >= 11 is 0. The minimum Gasteiger partial charge on any atom is -0.354 e. The average molecular weight is 256 g/mol. The molecule has 0 aromatic rings. The maximum atomic E-state index is 11.6. The summed E-state index contributed by atoms with van der Waals surface area (Å²) in [6, 6.07) is 0.224. The molecule has 5 heteroatoms. The highest BCUT2D eigenvalue weighted by atomic mass is 16.7. The molecular formula is C13H24N2O3. The molecule has 0 bridgehead atoms. The van der Waals surface area contributed by atoms with Crippen molar-refractivity contribution >= 4 is 5.91 Å². The van der Waals surface area contributed by atoms with Gasteiger partial charge in [0.2, 0.25) is 5.91 Å². The summed E-state index contributed by atoms with van der Waals surface area (Å²) in [6.45, 7) is 8.14. The number of hydrogen-bond donors (Lipinski definition) is 1. The number of rotatable bonds is 4. The van der Waals surface area contributed by atoms with Gasteiger partial charge in [-0.15, -0.1) is 0 Å². The Morgan fingerprint density at radius 2 is 1.89 bits per heavy atom. The first kappa shape index (κ1) is 13.8. The molecule has 2 fully saturated rings. The van der Waals surface area contributed by atoms with E-state index < -0.39 is 0 Å². The third-order valence-corrected chi connectivity index (χ3v) is 3.54. The lowest BCUT2D eigenvalue weighted by molar-refractivity contribution is -0.185. The van der Waals surface area contributed by atoms with E-state index in [1.54, 1.807) is 0 Å². The van der Waals surface area contributed by atoms with Crippen LogP contribution in [-0.2, 0) is 14.3 Å². The SMILES string of the molecule is CC(C)NC(=O)CCN1CCC2(CC1)OCCO2. The molecule has 1 N–H and O–H groups in total. The molecule has 0 radical (unpaired) electrons. The van der Waals surface area contributed by atoms with Crippen LogP contribution in [0.15, 0.2) is 0 Å². The van der Waals surface area contributed by atoms with Crippen molar-refractivity contribution in [1.82, 2.24) is 10.2 Å². The van der Waals surface area contributed by atoms with E-state index in [4.69, 9.17) is 9.47 Å². The summed E-state index contributed by atoms with van der Waals surface area (Å²) in [7, 11) is 0. The molecule has 2 aliphatic rings. The summed E-state index contributed by atoms with van der Waals surface area (Å²) in [5, 5.41) is 2.92. The van der Waals surface area contributed by atoms with E-state index in [9.17, 15) is 4.79 Å². The predicted octanol–water partition coefficient (Wildman–Crippen LogP) is 0.740. The Labute approximate surface area is 109 Å². The number of nitrogens with one attached hydrogen (secondary N) is 1. The topological polar surface area (TPSA) is 50.8 Å². The number of nitrogens with zero attached hydrogens (tertiary/aromatic N) is 1. The smallest absolute Gasteiger partial charge is 0.221 e. The minimum absolute atomic E-state index is 0.138. The molecule has 2 heterocycles. The van der Waals surface area contributed by atoms with Crippen LogP contribution >= 0.6 is 0 Å². The van der Waals surface area contributed by atoms with Gasteiger partial charge in [0.05, 0.1) is 13.2 Å². The zero-order chi connectivity index (χ0) is 13.0. The third-order valence-electron chi connectivity index (χ3n) is 3.54. The number of hydrogen-bond acceptors (Lipinski definition) is 4. The largest absolute Gasteiger partial charge is 0.354 e. The van der Waals surface area contributed by atoms with Crippen molar-refractivity contribution < 1.29 is 14.3 Å². The maximum Gasteiger partial charge on any atom is 0.221 e. The zero-order valence-electron chi connectivity index (χ0n) is 11.4. The molecule has 0 aromatic carbocycles. The molecular weight excluding hydrogens is 232 g/mol. The number of ether oxygens (including phenoxy) is 2. The van der Waals surface area contributed by atoms with Gasteiger partial charge in [0.25, 0.3) is 0 Å². The van der Waals surface area contributed by atoms with Crippen LogP contribution in [-0.4, -0.2) is 55.5 Å². The normalized spacial score (nSPS) is 23.7. The lowest BCUT2D eigenvalue weighted by Gasteiger charge is -2.37. The van der Waals surface area contributed by atoms with Crippen molar-refractivity contribution in [3.63, 3.8) is 0 Å². The molecule has 0 atom stereocenters. The Balaban J connectivity index is 1.66. The van der Waals surface area contributed by atoms with Crippen LogP contribution < -0.4 is 5.32 Å². The maximum absolute atomic E-state index is 11.6. The molecule has 2 aliphatic heterocycles. The van der Waals surface area contributed by atoms with Gasteiger partial charge in [-0.1, -0.05) is 0 Å². The second-order valence-corrected chi connectivity index (χ2v) is 5.42. The van der Waals surface area contributed by atoms with E-state index in [0.29, 0.717) is 6.42 Å². The number of likely N-dealkylation sites (tertiary alicyclic amines) is 1. The molecule has 0 aliphatic carbocycles. The van der Waals surface area contributed by atoms with Crippen LogP contribution in [0.2, 0.25) is 0 Å². The third kappa shape index (κ3) is 3.67. The molecule has 0 saturated carbocycles. The van der Waals surface area contributed by atoms with Gasteiger partial charge in [-0.05, 0) is 13.8 Å². The Hall–Kier alpha value is -0.650. The second kappa shape index (κ2) is 5.99. The van der Waals surface area contributed by atoms with Gasteiger partial charge in [0, 0.05) is 44.9 Å². The van der Waals surface area contributed by atoms with Crippen molar-refractivity contribution in [2.45, 2.75) is 44.9 Å². The predicted molar refractivity (Wildman–Crippen MR) is 68.2 cm³/mol. The summed E-state index contributed by atoms with van der Waals surface area (Å²) < 4.78 is 11.4. The monoisotopic (exact) mass is 256 g/mol. The summed E-state index contributed by atoms with van der Waals surface area (Å²) in [6.07, 6.45) is 2.41. The van der Waals surface area contributed by atoms with Crippen molar-refractivity contribution in [2.24, 2.45) is 0 Å². The van der Waals surface area contributed by atoms with Gasteiger partial charge >= 0.3 is 0 Å². The van der Waals surface area contributed by atoms with Crippen molar-refractivity contribution in [2.75, 3.05) is 32.8 Å². The van der Waals surface area contributed by atoms with Gasteiger partial charge in [0.15, 0.2) is 5.79 Å². The highest BCUT2D eigenvalue weighted by Crippen LogP contribution is 2.31. The number of amides is 1. The Morgan fingerprint density at radius 3 is 2.44 bits per heavy atom. The van der Waals surface area contributed by atoms with Crippen LogP contribution in [0.5, 0.6) is 0 Å². The Morgan fingerprint density at radius 1 is 1.28 bits per heavy atom. The van der Waals surface area contributed by atoms with Gasteiger partial charge in [-0.2, -0.15) is 0 Å². The van der Waals surface area contributed by atoms with Crippen molar-refractivity contribution in [3.05, 3.63) is 0 Å². The second-order valence-electron chi connectivity index (χ2n) is 5.42. The first-order valence-electron chi connectivity index (χ1n) is 6.89. The van der Waals surface area contributed by atoms with Crippen LogP contribution in [0.3, 0.4) is 0 Å². The molecule has 2 rings (SSSR count). The van der Waals surface area contributed by atoms with Gasteiger partial charge in [-0.25, -0.2) is 0 Å². The summed E-state index contributed by atoms with van der Waals surface area (Å²) in [5.74, 6) is -0.171. The van der Waals surface area contributed by atoms with Gasteiger partial charge < -0.3 is 19.7 Å². The molecule has 1 spiro atoms. The summed E-state index contributed by atoms with van der Waals surface area (Å²) in [5.41, 5.74) is 0.